The number of Topliss-reactive ketones (excluding diaryl/α,β-unsaturated/α-hetero) is 1. The Kier molecular flexibility index (Phi) is 6.38. The lowest BCUT2D eigenvalue weighted by Gasteiger charge is -2.29. The number of ether oxygens (including phenoxy) is 1. The monoisotopic (exact) mass is 440 g/mol. The maximum absolute atomic E-state index is 15.0. The molecule has 3 fully saturated rings. The van der Waals surface area contributed by atoms with E-state index in [9.17, 15) is 22.8 Å². The van der Waals surface area contributed by atoms with Gasteiger partial charge in [0.1, 0.15) is 11.9 Å². The van der Waals surface area contributed by atoms with E-state index < -0.39 is 30.2 Å². The zero-order chi connectivity index (χ0) is 22.1. The average Bonchev–Trinajstić information content (AvgIpc) is 3.52. The van der Waals surface area contributed by atoms with Gasteiger partial charge in [0.05, 0.1) is 17.9 Å². The minimum Gasteiger partial charge on any atom is -0.444 e. The molecule has 170 valence electrons. The highest BCUT2D eigenvalue weighted by Crippen LogP contribution is 2.31. The maximum atomic E-state index is 15.0. The molecule has 2 saturated heterocycles. The van der Waals surface area contributed by atoms with Gasteiger partial charge >= 0.3 is 6.09 Å². The lowest BCUT2D eigenvalue weighted by atomic mass is 10.1. The summed E-state index contributed by atoms with van der Waals surface area (Å²) in [6, 6.07) is 5.23. The fourth-order valence-corrected chi connectivity index (χ4v) is 4.19. The smallest absolute Gasteiger partial charge is 0.414 e. The van der Waals surface area contributed by atoms with Crippen molar-refractivity contribution in [2.45, 2.75) is 44.3 Å². The van der Waals surface area contributed by atoms with Gasteiger partial charge in [-0.15, -0.1) is 0 Å². The van der Waals surface area contributed by atoms with Crippen LogP contribution in [0.4, 0.5) is 29.3 Å². The van der Waals surface area contributed by atoms with Gasteiger partial charge in [-0.3, -0.25) is 9.69 Å². The summed E-state index contributed by atoms with van der Waals surface area (Å²) in [5.41, 5.74) is 0.835. The minimum atomic E-state index is -3.02. The summed E-state index contributed by atoms with van der Waals surface area (Å²) in [5.74, 6) is -1.60. The van der Waals surface area contributed by atoms with Crippen LogP contribution in [0.25, 0.3) is 0 Å². The van der Waals surface area contributed by atoms with E-state index in [4.69, 9.17) is 4.74 Å². The molecule has 4 rings (SSSR count). The van der Waals surface area contributed by atoms with Crippen LogP contribution >= 0.6 is 0 Å². The second kappa shape index (κ2) is 9.04. The van der Waals surface area contributed by atoms with E-state index in [1.54, 1.807) is 12.1 Å². The molecule has 1 aliphatic carbocycles. The number of hydrazine groups is 1. The van der Waals surface area contributed by atoms with Crippen molar-refractivity contribution in [1.82, 2.24) is 10.0 Å². The summed E-state index contributed by atoms with van der Waals surface area (Å²) < 4.78 is 44.8. The first-order valence-electron chi connectivity index (χ1n) is 10.6. The summed E-state index contributed by atoms with van der Waals surface area (Å²) in [7, 11) is 2.06. The first-order valence-corrected chi connectivity index (χ1v) is 10.6. The van der Waals surface area contributed by atoms with Crippen molar-refractivity contribution in [3.8, 4) is 0 Å². The second-order valence-corrected chi connectivity index (χ2v) is 8.32. The van der Waals surface area contributed by atoms with Crippen molar-refractivity contribution in [2.24, 2.45) is 0 Å². The SMILES string of the molecule is CN1CCN(c2ccc(N3C[C@H](CCC(=O)C(F)F)OC3=O)cc2F)CCN1C1CC1. The first-order chi connectivity index (χ1) is 14.8. The van der Waals surface area contributed by atoms with Crippen molar-refractivity contribution in [3.63, 3.8) is 0 Å². The molecule has 1 aromatic carbocycles. The molecule has 31 heavy (non-hydrogen) atoms. The van der Waals surface area contributed by atoms with Gasteiger partial charge in [0.2, 0.25) is 0 Å². The maximum Gasteiger partial charge on any atom is 0.414 e. The number of amides is 1. The van der Waals surface area contributed by atoms with Gasteiger partial charge in [-0.05, 0) is 37.5 Å². The third-order valence-corrected chi connectivity index (χ3v) is 6.11. The Hall–Kier alpha value is -2.33. The molecular formula is C21H27F3N4O3. The highest BCUT2D eigenvalue weighted by Gasteiger charge is 2.35. The number of alkyl halides is 2. The number of hydrogen-bond donors (Lipinski definition) is 0. The topological polar surface area (TPSA) is 56.3 Å². The number of benzene rings is 1. The quantitative estimate of drug-likeness (QED) is 0.650. The zero-order valence-corrected chi connectivity index (χ0v) is 17.5. The Morgan fingerprint density at radius 3 is 2.61 bits per heavy atom. The molecule has 0 unspecified atom stereocenters. The molecule has 0 bridgehead atoms. The third-order valence-electron chi connectivity index (χ3n) is 6.11. The van der Waals surface area contributed by atoms with E-state index in [0.717, 1.165) is 13.1 Å². The normalized spacial score (nSPS) is 23.4. The van der Waals surface area contributed by atoms with E-state index in [1.165, 1.54) is 23.8 Å². The van der Waals surface area contributed by atoms with Crippen LogP contribution < -0.4 is 9.80 Å². The fraction of sp³-hybridized carbons (Fsp3) is 0.619. The van der Waals surface area contributed by atoms with Gasteiger partial charge in [-0.1, -0.05) is 0 Å². The zero-order valence-electron chi connectivity index (χ0n) is 17.5. The predicted octanol–water partition coefficient (Wildman–Crippen LogP) is 2.90. The summed E-state index contributed by atoms with van der Waals surface area (Å²) in [6.07, 6.45) is -2.30. The van der Waals surface area contributed by atoms with Crippen molar-refractivity contribution >= 4 is 23.3 Å². The molecule has 0 aromatic heterocycles. The Bertz CT molecular complexity index is 836. The van der Waals surface area contributed by atoms with Crippen molar-refractivity contribution in [3.05, 3.63) is 24.0 Å². The Labute approximate surface area is 179 Å². The number of likely N-dealkylation sites (N-methyl/N-ethyl adjacent to an activating group) is 1. The van der Waals surface area contributed by atoms with Crippen LogP contribution in [0, 0.1) is 5.82 Å². The van der Waals surface area contributed by atoms with Crippen LogP contribution in [0.5, 0.6) is 0 Å². The van der Waals surface area contributed by atoms with Crippen LogP contribution in [-0.2, 0) is 9.53 Å². The number of halogens is 3. The molecule has 3 aliphatic rings. The van der Waals surface area contributed by atoms with Crippen LogP contribution in [0.2, 0.25) is 0 Å². The summed E-state index contributed by atoms with van der Waals surface area (Å²) >= 11 is 0. The first kappa shape index (κ1) is 21.9. The molecule has 7 nitrogen and oxygen atoms in total. The molecule has 2 heterocycles. The summed E-state index contributed by atoms with van der Waals surface area (Å²) in [6.45, 7) is 3.14. The van der Waals surface area contributed by atoms with Crippen LogP contribution in [-0.4, -0.2) is 80.2 Å². The molecule has 1 atom stereocenters. The van der Waals surface area contributed by atoms with Crippen molar-refractivity contribution < 1.29 is 27.5 Å². The highest BCUT2D eigenvalue weighted by molar-refractivity contribution is 5.90. The number of carbonyl (C=O) groups is 2. The van der Waals surface area contributed by atoms with Gasteiger partial charge in [-0.2, -0.15) is 0 Å². The molecule has 0 spiro atoms. The molecule has 1 amide bonds. The summed E-state index contributed by atoms with van der Waals surface area (Å²) in [5, 5.41) is 4.56. The Balaban J connectivity index is 1.39. The van der Waals surface area contributed by atoms with Gasteiger partial charge in [0, 0.05) is 45.7 Å². The molecule has 1 saturated carbocycles. The van der Waals surface area contributed by atoms with E-state index in [0.29, 0.717) is 30.5 Å². The molecule has 10 heteroatoms. The number of anilines is 2. The van der Waals surface area contributed by atoms with E-state index in [1.807, 2.05) is 4.90 Å². The Morgan fingerprint density at radius 2 is 1.94 bits per heavy atom. The second-order valence-electron chi connectivity index (χ2n) is 8.32. The van der Waals surface area contributed by atoms with Gasteiger partial charge in [0.15, 0.2) is 5.78 Å². The minimum absolute atomic E-state index is 0.0186. The van der Waals surface area contributed by atoms with Crippen LogP contribution in [0.1, 0.15) is 25.7 Å². The molecule has 0 radical (unpaired) electrons. The third kappa shape index (κ3) is 4.95. The lowest BCUT2D eigenvalue weighted by Crippen LogP contribution is -2.42. The highest BCUT2D eigenvalue weighted by atomic mass is 19.3. The van der Waals surface area contributed by atoms with Gasteiger partial charge in [0.25, 0.3) is 6.43 Å². The van der Waals surface area contributed by atoms with E-state index >= 15 is 0 Å². The number of cyclic esters (lactones) is 1. The fourth-order valence-electron chi connectivity index (χ4n) is 4.19. The number of ketones is 1. The Morgan fingerprint density at radius 1 is 1.19 bits per heavy atom. The van der Waals surface area contributed by atoms with Crippen LogP contribution in [0.15, 0.2) is 18.2 Å². The van der Waals surface area contributed by atoms with Crippen molar-refractivity contribution in [2.75, 3.05) is 49.6 Å². The van der Waals surface area contributed by atoms with Gasteiger partial charge in [-0.25, -0.2) is 28.0 Å². The van der Waals surface area contributed by atoms with E-state index in [-0.39, 0.29) is 19.4 Å². The average molecular weight is 440 g/mol. The van der Waals surface area contributed by atoms with Crippen LogP contribution in [0.3, 0.4) is 0 Å². The number of hydrogen-bond acceptors (Lipinski definition) is 6. The number of nitrogens with zero attached hydrogens (tertiary/aromatic N) is 4. The lowest BCUT2D eigenvalue weighted by molar-refractivity contribution is -0.129. The molecule has 0 N–H and O–H groups in total. The summed E-state index contributed by atoms with van der Waals surface area (Å²) in [4.78, 5) is 26.6. The molecule has 1 aromatic rings. The predicted molar refractivity (Wildman–Crippen MR) is 109 cm³/mol. The number of rotatable bonds is 7. The van der Waals surface area contributed by atoms with Gasteiger partial charge < -0.3 is 9.64 Å². The standard InChI is InChI=1S/C21H27F3N4O3/c1-25-8-9-26(10-11-28(25)14-2-3-14)18-6-4-15(12-17(18)22)27-13-16(31-21(27)30)5-7-19(29)20(23)24/h4,6,12,14,16,20H,2-3,5,7-11,13H2,1H3/t16-/m0/s1. The largest absolute Gasteiger partial charge is 0.444 e. The molecular weight excluding hydrogens is 413 g/mol. The number of carbonyl (C=O) groups excluding carboxylic acids is 2. The van der Waals surface area contributed by atoms with E-state index in [2.05, 4.69) is 17.1 Å². The van der Waals surface area contributed by atoms with Crippen molar-refractivity contribution in [1.29, 1.82) is 0 Å². The molecule has 2 aliphatic heterocycles.